The summed E-state index contributed by atoms with van der Waals surface area (Å²) in [5.41, 5.74) is 9.69. The summed E-state index contributed by atoms with van der Waals surface area (Å²) < 4.78 is 1.02. The molecule has 0 spiro atoms. The Kier molecular flexibility index (Phi) is 3.39. The molecular weight excluding hydrogens is 332 g/mol. The van der Waals surface area contributed by atoms with E-state index >= 15 is 0 Å². The minimum atomic E-state index is -0.198. The fraction of sp³-hybridized carbons (Fsp3) is 0.0667. The monoisotopic (exact) mass is 344 g/mol. The highest BCUT2D eigenvalue weighted by Gasteiger charge is 2.07. The Labute approximate surface area is 129 Å². The van der Waals surface area contributed by atoms with Gasteiger partial charge in [0.15, 0.2) is 0 Å². The largest absolute Gasteiger partial charge is 0.397 e. The van der Waals surface area contributed by atoms with Crippen molar-refractivity contribution in [2.24, 2.45) is 0 Å². The number of hydrogen-bond acceptors (Lipinski definition) is 4. The number of anilines is 3. The third kappa shape index (κ3) is 2.62. The summed E-state index contributed by atoms with van der Waals surface area (Å²) in [6, 6.07) is 9.35. The third-order valence-corrected chi connectivity index (χ3v) is 4.12. The number of aromatic nitrogens is 2. The molecule has 106 valence electrons. The van der Waals surface area contributed by atoms with Crippen LogP contribution in [-0.2, 0) is 0 Å². The van der Waals surface area contributed by atoms with Gasteiger partial charge in [0.25, 0.3) is 5.56 Å². The Bertz CT molecular complexity index is 888. The number of fused-ring (bicyclic) bond motifs is 1. The van der Waals surface area contributed by atoms with Gasteiger partial charge >= 0.3 is 0 Å². The van der Waals surface area contributed by atoms with E-state index in [0.717, 1.165) is 21.4 Å². The maximum Gasteiger partial charge on any atom is 0.258 e. The molecule has 6 heteroatoms. The van der Waals surface area contributed by atoms with Crippen molar-refractivity contribution in [2.75, 3.05) is 11.1 Å². The number of rotatable bonds is 2. The van der Waals surface area contributed by atoms with Gasteiger partial charge in [-0.15, -0.1) is 0 Å². The predicted molar refractivity (Wildman–Crippen MR) is 88.9 cm³/mol. The summed E-state index contributed by atoms with van der Waals surface area (Å²) >= 11 is 3.50. The minimum absolute atomic E-state index is 0.198. The van der Waals surface area contributed by atoms with Crippen LogP contribution >= 0.6 is 15.9 Å². The van der Waals surface area contributed by atoms with E-state index in [9.17, 15) is 4.79 Å². The molecule has 4 N–H and O–H groups in total. The second-order valence-electron chi connectivity index (χ2n) is 4.78. The first kappa shape index (κ1) is 13.6. The Hall–Kier alpha value is -2.34. The smallest absolute Gasteiger partial charge is 0.258 e. The molecule has 21 heavy (non-hydrogen) atoms. The molecule has 0 unspecified atom stereocenters. The molecule has 0 amide bonds. The van der Waals surface area contributed by atoms with Crippen molar-refractivity contribution in [3.05, 3.63) is 57.0 Å². The van der Waals surface area contributed by atoms with Crippen LogP contribution in [0.15, 0.2) is 45.9 Å². The molecule has 0 saturated heterocycles. The van der Waals surface area contributed by atoms with Gasteiger partial charge in [-0.2, -0.15) is 0 Å². The average molecular weight is 345 g/mol. The van der Waals surface area contributed by atoms with Gasteiger partial charge < -0.3 is 16.0 Å². The number of hydrogen-bond donors (Lipinski definition) is 3. The number of nitrogens with two attached hydrogens (primary N) is 1. The van der Waals surface area contributed by atoms with Crippen molar-refractivity contribution in [3.8, 4) is 0 Å². The van der Waals surface area contributed by atoms with Gasteiger partial charge in [-0.05, 0) is 36.8 Å². The maximum atomic E-state index is 11.7. The standard InChI is InChI=1S/C15H13BrN4O/c1-8-2-3-9(4-11(8)16)20-14-6-13-10(5-12(14)17)15(21)19-7-18-13/h2-7,20H,17H2,1H3,(H,18,19,21). The highest BCUT2D eigenvalue weighted by atomic mass is 79.9. The van der Waals surface area contributed by atoms with E-state index in [1.165, 1.54) is 6.33 Å². The van der Waals surface area contributed by atoms with Crippen molar-refractivity contribution in [1.29, 1.82) is 0 Å². The van der Waals surface area contributed by atoms with E-state index in [2.05, 4.69) is 31.2 Å². The molecule has 1 aromatic heterocycles. The van der Waals surface area contributed by atoms with E-state index in [-0.39, 0.29) is 5.56 Å². The van der Waals surface area contributed by atoms with Crippen LogP contribution in [0.4, 0.5) is 17.1 Å². The Morgan fingerprint density at radius 2 is 2.10 bits per heavy atom. The lowest BCUT2D eigenvalue weighted by Crippen LogP contribution is -2.07. The summed E-state index contributed by atoms with van der Waals surface area (Å²) in [4.78, 5) is 18.4. The quantitative estimate of drug-likeness (QED) is 0.622. The fourth-order valence-electron chi connectivity index (χ4n) is 2.07. The van der Waals surface area contributed by atoms with Gasteiger partial charge in [-0.1, -0.05) is 22.0 Å². The molecule has 5 nitrogen and oxygen atoms in total. The topological polar surface area (TPSA) is 83.8 Å². The van der Waals surface area contributed by atoms with Crippen LogP contribution in [-0.4, -0.2) is 9.97 Å². The van der Waals surface area contributed by atoms with Crippen LogP contribution < -0.4 is 16.6 Å². The van der Waals surface area contributed by atoms with Crippen molar-refractivity contribution >= 4 is 43.9 Å². The van der Waals surface area contributed by atoms with Crippen LogP contribution in [0.3, 0.4) is 0 Å². The molecule has 0 bridgehead atoms. The summed E-state index contributed by atoms with van der Waals surface area (Å²) in [5, 5.41) is 3.72. The van der Waals surface area contributed by atoms with Crippen LogP contribution in [0.2, 0.25) is 0 Å². The lowest BCUT2D eigenvalue weighted by Gasteiger charge is -2.11. The molecule has 0 fully saturated rings. The van der Waals surface area contributed by atoms with Crippen LogP contribution in [0.5, 0.6) is 0 Å². The summed E-state index contributed by atoms with van der Waals surface area (Å²) in [5.74, 6) is 0. The van der Waals surface area contributed by atoms with Crippen molar-refractivity contribution < 1.29 is 0 Å². The number of nitrogens with zero attached hydrogens (tertiary/aromatic N) is 1. The lowest BCUT2D eigenvalue weighted by atomic mass is 10.1. The van der Waals surface area contributed by atoms with E-state index in [4.69, 9.17) is 5.73 Å². The fourth-order valence-corrected chi connectivity index (χ4v) is 2.45. The lowest BCUT2D eigenvalue weighted by molar-refractivity contribution is 1.17. The van der Waals surface area contributed by atoms with E-state index < -0.39 is 0 Å². The van der Waals surface area contributed by atoms with E-state index in [1.54, 1.807) is 12.1 Å². The molecule has 0 aliphatic rings. The van der Waals surface area contributed by atoms with Crippen molar-refractivity contribution in [2.45, 2.75) is 6.92 Å². The van der Waals surface area contributed by atoms with Gasteiger partial charge in [-0.25, -0.2) is 4.98 Å². The van der Waals surface area contributed by atoms with Gasteiger partial charge in [0, 0.05) is 10.2 Å². The maximum absolute atomic E-state index is 11.7. The predicted octanol–water partition coefficient (Wildman–Crippen LogP) is 3.32. The zero-order valence-electron chi connectivity index (χ0n) is 11.3. The van der Waals surface area contributed by atoms with E-state index in [1.807, 2.05) is 25.1 Å². The van der Waals surface area contributed by atoms with Crippen LogP contribution in [0.1, 0.15) is 5.56 Å². The zero-order chi connectivity index (χ0) is 15.0. The number of aryl methyl sites for hydroxylation is 1. The summed E-state index contributed by atoms with van der Waals surface area (Å²) in [6.45, 7) is 2.02. The SMILES string of the molecule is Cc1ccc(Nc2cc3nc[nH]c(=O)c3cc2N)cc1Br. The molecule has 0 saturated carbocycles. The summed E-state index contributed by atoms with van der Waals surface area (Å²) in [7, 11) is 0. The molecule has 0 atom stereocenters. The Balaban J connectivity index is 2.06. The molecule has 0 aliphatic carbocycles. The third-order valence-electron chi connectivity index (χ3n) is 3.26. The number of nitrogen functional groups attached to an aromatic ring is 1. The van der Waals surface area contributed by atoms with Gasteiger partial charge in [0.2, 0.25) is 0 Å². The normalized spacial score (nSPS) is 10.8. The number of nitrogens with one attached hydrogen (secondary N) is 2. The highest BCUT2D eigenvalue weighted by molar-refractivity contribution is 9.10. The number of aromatic amines is 1. The van der Waals surface area contributed by atoms with E-state index in [0.29, 0.717) is 16.6 Å². The highest BCUT2D eigenvalue weighted by Crippen LogP contribution is 2.28. The number of benzene rings is 2. The van der Waals surface area contributed by atoms with Gasteiger partial charge in [-0.3, -0.25) is 4.79 Å². The van der Waals surface area contributed by atoms with Crippen LogP contribution in [0, 0.1) is 6.92 Å². The number of halogens is 1. The molecule has 0 aliphatic heterocycles. The minimum Gasteiger partial charge on any atom is -0.397 e. The first-order valence-corrected chi connectivity index (χ1v) is 7.14. The Morgan fingerprint density at radius 3 is 2.86 bits per heavy atom. The Morgan fingerprint density at radius 1 is 1.29 bits per heavy atom. The molecule has 1 heterocycles. The average Bonchev–Trinajstić information content (AvgIpc) is 2.45. The van der Waals surface area contributed by atoms with Crippen molar-refractivity contribution in [3.63, 3.8) is 0 Å². The molecule has 0 radical (unpaired) electrons. The second kappa shape index (κ2) is 5.21. The molecular formula is C15H13BrN4O. The first-order chi connectivity index (χ1) is 10.0. The zero-order valence-corrected chi connectivity index (χ0v) is 12.9. The molecule has 2 aromatic carbocycles. The number of H-pyrrole nitrogens is 1. The second-order valence-corrected chi connectivity index (χ2v) is 5.63. The first-order valence-electron chi connectivity index (χ1n) is 6.34. The van der Waals surface area contributed by atoms with Gasteiger partial charge in [0.1, 0.15) is 0 Å². The summed E-state index contributed by atoms with van der Waals surface area (Å²) in [6.07, 6.45) is 1.38. The van der Waals surface area contributed by atoms with Crippen LogP contribution in [0.25, 0.3) is 10.9 Å². The molecule has 3 aromatic rings. The van der Waals surface area contributed by atoms with Crippen molar-refractivity contribution in [1.82, 2.24) is 9.97 Å². The van der Waals surface area contributed by atoms with Gasteiger partial charge in [0.05, 0.1) is 28.6 Å². The molecule has 3 rings (SSSR count).